The molecule has 2 aromatic rings. The van der Waals surface area contributed by atoms with Crippen LogP contribution in [-0.4, -0.2) is 4.57 Å². The fourth-order valence-corrected chi connectivity index (χ4v) is 2.35. The Labute approximate surface area is 103 Å². The van der Waals surface area contributed by atoms with Gasteiger partial charge in [0.25, 0.3) is 0 Å². The zero-order valence-corrected chi connectivity index (χ0v) is 11.4. The van der Waals surface area contributed by atoms with Crippen LogP contribution >= 0.6 is 0 Å². The van der Waals surface area contributed by atoms with E-state index in [0.717, 1.165) is 0 Å². The third-order valence-electron chi connectivity index (χ3n) is 3.39. The molecule has 1 aromatic carbocycles. The van der Waals surface area contributed by atoms with Crippen molar-refractivity contribution in [3.63, 3.8) is 0 Å². The summed E-state index contributed by atoms with van der Waals surface area (Å²) in [5.41, 5.74) is 9.70. The topological polar surface area (TPSA) is 30.9 Å². The van der Waals surface area contributed by atoms with Crippen molar-refractivity contribution in [2.45, 2.75) is 39.2 Å². The minimum absolute atomic E-state index is 0.300. The summed E-state index contributed by atoms with van der Waals surface area (Å²) in [7, 11) is 2.08. The maximum Gasteiger partial charge on any atom is 0.0506 e. The van der Waals surface area contributed by atoms with Gasteiger partial charge in [0.2, 0.25) is 0 Å². The molecule has 0 atom stereocenters. The first-order chi connectivity index (χ1) is 7.80. The molecule has 92 valence electrons. The molecule has 2 heteroatoms. The number of fused-ring (bicyclic) bond motifs is 1. The first-order valence-corrected chi connectivity index (χ1v) is 6.19. The molecule has 2 rings (SSSR count). The van der Waals surface area contributed by atoms with Crippen LogP contribution < -0.4 is 5.73 Å². The molecule has 0 fully saturated rings. The van der Waals surface area contributed by atoms with E-state index in [2.05, 4.69) is 49.7 Å². The van der Waals surface area contributed by atoms with Gasteiger partial charge in [-0.25, -0.2) is 0 Å². The molecule has 2 N–H and O–H groups in total. The monoisotopic (exact) mass is 230 g/mol. The van der Waals surface area contributed by atoms with E-state index in [1.807, 2.05) is 13.8 Å². The number of nitrogens with two attached hydrogens (primary N) is 1. The molecular weight excluding hydrogens is 208 g/mol. The van der Waals surface area contributed by atoms with Crippen molar-refractivity contribution < 1.29 is 0 Å². The highest BCUT2D eigenvalue weighted by Crippen LogP contribution is 2.28. The lowest BCUT2D eigenvalue weighted by atomic mass is 10.0. The number of hydrogen-bond acceptors (Lipinski definition) is 1. The Morgan fingerprint density at radius 2 is 1.82 bits per heavy atom. The Bertz CT molecular complexity index is 542. The number of hydrogen-bond donors (Lipinski definition) is 1. The highest BCUT2D eigenvalue weighted by Gasteiger charge is 2.19. The number of aryl methyl sites for hydroxylation is 1. The van der Waals surface area contributed by atoms with E-state index in [1.54, 1.807) is 0 Å². The van der Waals surface area contributed by atoms with Gasteiger partial charge in [0.1, 0.15) is 0 Å². The molecule has 0 amide bonds. The summed E-state index contributed by atoms with van der Waals surface area (Å²) in [5.74, 6) is 0.564. The first kappa shape index (κ1) is 12.2. The Kier molecular flexibility index (Phi) is 2.78. The van der Waals surface area contributed by atoms with Crippen molar-refractivity contribution in [2.75, 3.05) is 0 Å². The Morgan fingerprint density at radius 1 is 1.18 bits per heavy atom. The predicted octanol–water partition coefficient (Wildman–Crippen LogP) is 3.50. The van der Waals surface area contributed by atoms with Gasteiger partial charge in [0.15, 0.2) is 0 Å². The summed E-state index contributed by atoms with van der Waals surface area (Å²) in [6, 6.07) is 8.89. The first-order valence-electron chi connectivity index (χ1n) is 6.19. The van der Waals surface area contributed by atoms with Crippen LogP contribution in [0.5, 0.6) is 0 Å². The van der Waals surface area contributed by atoms with E-state index < -0.39 is 0 Å². The molecule has 0 aliphatic rings. The highest BCUT2D eigenvalue weighted by molar-refractivity contribution is 5.82. The maximum absolute atomic E-state index is 6.20. The molecule has 0 radical (unpaired) electrons. The van der Waals surface area contributed by atoms with Crippen LogP contribution in [0.2, 0.25) is 0 Å². The highest BCUT2D eigenvalue weighted by atomic mass is 15.0. The van der Waals surface area contributed by atoms with E-state index in [4.69, 9.17) is 5.73 Å². The van der Waals surface area contributed by atoms with Crippen molar-refractivity contribution in [1.82, 2.24) is 4.57 Å². The number of benzene rings is 1. The largest absolute Gasteiger partial charge is 0.346 e. The zero-order chi connectivity index (χ0) is 12.8. The molecule has 2 nitrogen and oxygen atoms in total. The van der Waals surface area contributed by atoms with Crippen LogP contribution in [0.3, 0.4) is 0 Å². The average Bonchev–Trinajstić information content (AvgIpc) is 2.55. The minimum atomic E-state index is -0.300. The lowest BCUT2D eigenvalue weighted by Gasteiger charge is -2.19. The van der Waals surface area contributed by atoms with Crippen LogP contribution in [0.1, 0.15) is 44.9 Å². The van der Waals surface area contributed by atoms with Crippen LogP contribution in [0.15, 0.2) is 24.3 Å². The van der Waals surface area contributed by atoms with Crippen molar-refractivity contribution in [1.29, 1.82) is 0 Å². The van der Waals surface area contributed by atoms with Gasteiger partial charge in [0.05, 0.1) is 5.54 Å². The third kappa shape index (κ3) is 2.09. The quantitative estimate of drug-likeness (QED) is 0.841. The molecule has 0 saturated heterocycles. The van der Waals surface area contributed by atoms with Gasteiger partial charge >= 0.3 is 0 Å². The van der Waals surface area contributed by atoms with E-state index in [-0.39, 0.29) is 5.54 Å². The predicted molar refractivity (Wildman–Crippen MR) is 74.2 cm³/mol. The number of nitrogens with zero attached hydrogens (tertiary/aromatic N) is 1. The Balaban J connectivity index is 2.66. The number of aromatic nitrogens is 1. The van der Waals surface area contributed by atoms with Gasteiger partial charge in [0, 0.05) is 23.6 Å². The summed E-state index contributed by atoms with van der Waals surface area (Å²) in [4.78, 5) is 0. The summed E-state index contributed by atoms with van der Waals surface area (Å²) < 4.78 is 2.19. The van der Waals surface area contributed by atoms with Crippen LogP contribution in [-0.2, 0) is 12.6 Å². The summed E-state index contributed by atoms with van der Waals surface area (Å²) in [5, 5.41) is 1.28. The van der Waals surface area contributed by atoms with Crippen molar-refractivity contribution in [2.24, 2.45) is 12.8 Å². The Hall–Kier alpha value is -1.28. The lowest BCUT2D eigenvalue weighted by Crippen LogP contribution is -2.30. The summed E-state index contributed by atoms with van der Waals surface area (Å²) in [6.45, 7) is 8.53. The SMILES string of the molecule is CC(C)c1ccc2c(c1)cc(C(C)(C)N)n2C. The lowest BCUT2D eigenvalue weighted by molar-refractivity contribution is 0.516. The molecule has 1 heterocycles. The van der Waals surface area contributed by atoms with Crippen LogP contribution in [0.4, 0.5) is 0 Å². The molecule has 0 bridgehead atoms. The van der Waals surface area contributed by atoms with E-state index in [9.17, 15) is 0 Å². The second kappa shape index (κ2) is 3.88. The van der Waals surface area contributed by atoms with Crippen LogP contribution in [0.25, 0.3) is 10.9 Å². The fourth-order valence-electron chi connectivity index (χ4n) is 2.35. The third-order valence-corrected chi connectivity index (χ3v) is 3.39. The van der Waals surface area contributed by atoms with Crippen molar-refractivity contribution in [3.8, 4) is 0 Å². The zero-order valence-electron chi connectivity index (χ0n) is 11.4. The normalized spacial score (nSPS) is 12.6. The van der Waals surface area contributed by atoms with Crippen molar-refractivity contribution in [3.05, 3.63) is 35.5 Å². The van der Waals surface area contributed by atoms with Crippen LogP contribution in [0, 0.1) is 0 Å². The van der Waals surface area contributed by atoms with Gasteiger partial charge in [-0.2, -0.15) is 0 Å². The fraction of sp³-hybridized carbons (Fsp3) is 0.467. The second-order valence-corrected chi connectivity index (χ2v) is 5.78. The molecule has 0 spiro atoms. The minimum Gasteiger partial charge on any atom is -0.346 e. The van der Waals surface area contributed by atoms with Gasteiger partial charge in [-0.05, 0) is 43.5 Å². The molecule has 0 unspecified atom stereocenters. The summed E-state index contributed by atoms with van der Waals surface area (Å²) >= 11 is 0. The molecular formula is C15H22N2. The number of rotatable bonds is 2. The Morgan fingerprint density at radius 3 is 2.35 bits per heavy atom. The molecule has 0 aliphatic carbocycles. The standard InChI is InChI=1S/C15H22N2/c1-10(2)11-6-7-13-12(8-11)9-14(17(13)5)15(3,4)16/h6-10H,16H2,1-5H3. The van der Waals surface area contributed by atoms with Gasteiger partial charge < -0.3 is 10.3 Å². The molecule has 17 heavy (non-hydrogen) atoms. The van der Waals surface area contributed by atoms with Gasteiger partial charge in [-0.1, -0.05) is 19.9 Å². The summed E-state index contributed by atoms with van der Waals surface area (Å²) in [6.07, 6.45) is 0. The average molecular weight is 230 g/mol. The van der Waals surface area contributed by atoms with Gasteiger partial charge in [-0.15, -0.1) is 0 Å². The van der Waals surface area contributed by atoms with Crippen molar-refractivity contribution >= 4 is 10.9 Å². The van der Waals surface area contributed by atoms with E-state index in [0.29, 0.717) is 5.92 Å². The molecule has 1 aromatic heterocycles. The second-order valence-electron chi connectivity index (χ2n) is 5.78. The van der Waals surface area contributed by atoms with Gasteiger partial charge in [-0.3, -0.25) is 0 Å². The molecule has 0 aliphatic heterocycles. The van der Waals surface area contributed by atoms with E-state index in [1.165, 1.54) is 22.2 Å². The van der Waals surface area contributed by atoms with E-state index >= 15 is 0 Å². The molecule has 0 saturated carbocycles. The maximum atomic E-state index is 6.20. The smallest absolute Gasteiger partial charge is 0.0506 e.